The SMILES string of the molecule is O=C(CBr)CC1CSCCN1C(=O)OCc1ccccc1. The molecule has 1 aliphatic heterocycles. The van der Waals surface area contributed by atoms with Gasteiger partial charge in [-0.15, -0.1) is 0 Å². The molecule has 21 heavy (non-hydrogen) atoms. The third kappa shape index (κ3) is 5.04. The molecule has 0 N–H and O–H groups in total. The van der Waals surface area contributed by atoms with Crippen LogP contribution in [-0.2, 0) is 16.1 Å². The van der Waals surface area contributed by atoms with Crippen LogP contribution in [0.15, 0.2) is 30.3 Å². The van der Waals surface area contributed by atoms with E-state index in [1.165, 1.54) is 0 Å². The zero-order chi connectivity index (χ0) is 15.1. The first-order valence-electron chi connectivity index (χ1n) is 6.83. The van der Waals surface area contributed by atoms with Crippen molar-refractivity contribution in [2.75, 3.05) is 23.4 Å². The lowest BCUT2D eigenvalue weighted by molar-refractivity contribution is -0.117. The number of carbonyl (C=O) groups is 2. The van der Waals surface area contributed by atoms with E-state index in [9.17, 15) is 9.59 Å². The zero-order valence-corrected chi connectivity index (χ0v) is 14.1. The van der Waals surface area contributed by atoms with Crippen molar-refractivity contribution in [1.29, 1.82) is 0 Å². The molecule has 1 fully saturated rings. The maximum absolute atomic E-state index is 12.2. The highest BCUT2D eigenvalue weighted by atomic mass is 79.9. The molecule has 0 aromatic heterocycles. The summed E-state index contributed by atoms with van der Waals surface area (Å²) in [5, 5.41) is 0.334. The summed E-state index contributed by atoms with van der Waals surface area (Å²) in [7, 11) is 0. The first kappa shape index (κ1) is 16.4. The zero-order valence-electron chi connectivity index (χ0n) is 11.7. The quantitative estimate of drug-likeness (QED) is 0.746. The molecule has 0 aliphatic carbocycles. The number of ether oxygens (including phenoxy) is 1. The molecular weight excluding hydrogens is 354 g/mol. The fraction of sp³-hybridized carbons (Fsp3) is 0.467. The summed E-state index contributed by atoms with van der Waals surface area (Å²) in [5.74, 6) is 1.79. The average Bonchev–Trinajstić information content (AvgIpc) is 2.54. The van der Waals surface area contributed by atoms with Crippen LogP contribution in [0.4, 0.5) is 4.79 Å². The van der Waals surface area contributed by atoms with E-state index in [0.29, 0.717) is 18.3 Å². The van der Waals surface area contributed by atoms with Gasteiger partial charge in [0.25, 0.3) is 0 Å². The van der Waals surface area contributed by atoms with Gasteiger partial charge in [-0.2, -0.15) is 11.8 Å². The van der Waals surface area contributed by atoms with Gasteiger partial charge in [0.15, 0.2) is 0 Å². The minimum atomic E-state index is -0.327. The van der Waals surface area contributed by atoms with Crippen LogP contribution >= 0.6 is 27.7 Å². The Kier molecular flexibility index (Phi) is 6.57. The van der Waals surface area contributed by atoms with Crippen LogP contribution in [0.2, 0.25) is 0 Å². The van der Waals surface area contributed by atoms with Gasteiger partial charge in [-0.3, -0.25) is 4.79 Å². The lowest BCUT2D eigenvalue weighted by atomic mass is 10.1. The molecule has 1 amide bonds. The third-order valence-electron chi connectivity index (χ3n) is 3.28. The summed E-state index contributed by atoms with van der Waals surface area (Å²) in [6.45, 7) is 0.904. The van der Waals surface area contributed by atoms with Crippen LogP contribution in [-0.4, -0.2) is 46.2 Å². The number of hydrogen-bond donors (Lipinski definition) is 0. The van der Waals surface area contributed by atoms with Gasteiger partial charge < -0.3 is 9.64 Å². The first-order chi connectivity index (χ1) is 10.2. The van der Waals surface area contributed by atoms with Crippen molar-refractivity contribution in [3.8, 4) is 0 Å². The van der Waals surface area contributed by atoms with Crippen molar-refractivity contribution in [2.24, 2.45) is 0 Å². The minimum absolute atomic E-state index is 0.0583. The molecule has 1 atom stereocenters. The van der Waals surface area contributed by atoms with E-state index in [2.05, 4.69) is 15.9 Å². The monoisotopic (exact) mass is 371 g/mol. The maximum Gasteiger partial charge on any atom is 0.410 e. The molecule has 114 valence electrons. The Morgan fingerprint density at radius 1 is 1.33 bits per heavy atom. The van der Waals surface area contributed by atoms with Crippen LogP contribution in [0, 0.1) is 0 Å². The fourth-order valence-electron chi connectivity index (χ4n) is 2.18. The molecule has 1 aromatic carbocycles. The number of thioether (sulfide) groups is 1. The summed E-state index contributed by atoms with van der Waals surface area (Å²) in [6.07, 6.45) is 0.0603. The number of hydrogen-bond acceptors (Lipinski definition) is 4. The third-order valence-corrected chi connectivity index (χ3v) is 5.00. The van der Waals surface area contributed by atoms with Crippen LogP contribution in [0.3, 0.4) is 0 Å². The molecule has 0 bridgehead atoms. The van der Waals surface area contributed by atoms with Crippen LogP contribution in [0.1, 0.15) is 12.0 Å². The number of rotatable bonds is 5. The van der Waals surface area contributed by atoms with Crippen molar-refractivity contribution < 1.29 is 14.3 Å². The van der Waals surface area contributed by atoms with E-state index in [0.717, 1.165) is 17.1 Å². The molecule has 6 heteroatoms. The minimum Gasteiger partial charge on any atom is -0.445 e. The predicted molar refractivity (Wildman–Crippen MR) is 87.9 cm³/mol. The summed E-state index contributed by atoms with van der Waals surface area (Å²) >= 11 is 4.94. The van der Waals surface area contributed by atoms with E-state index >= 15 is 0 Å². The largest absolute Gasteiger partial charge is 0.445 e. The Bertz CT molecular complexity index is 483. The van der Waals surface area contributed by atoms with Crippen molar-refractivity contribution >= 4 is 39.6 Å². The van der Waals surface area contributed by atoms with E-state index in [1.807, 2.05) is 30.3 Å². The number of nitrogens with zero attached hydrogens (tertiary/aromatic N) is 1. The maximum atomic E-state index is 12.2. The summed E-state index contributed by atoms with van der Waals surface area (Å²) in [5.41, 5.74) is 0.963. The van der Waals surface area contributed by atoms with Gasteiger partial charge in [0, 0.05) is 24.5 Å². The normalized spacial score (nSPS) is 18.3. The van der Waals surface area contributed by atoms with Gasteiger partial charge in [-0.25, -0.2) is 4.79 Å². The van der Waals surface area contributed by atoms with Crippen LogP contribution < -0.4 is 0 Å². The van der Waals surface area contributed by atoms with Gasteiger partial charge in [0.1, 0.15) is 12.4 Å². The number of benzene rings is 1. The highest BCUT2D eigenvalue weighted by Gasteiger charge is 2.29. The van der Waals surface area contributed by atoms with Crippen LogP contribution in [0.5, 0.6) is 0 Å². The van der Waals surface area contributed by atoms with Crippen LogP contribution in [0.25, 0.3) is 0 Å². The van der Waals surface area contributed by atoms with E-state index < -0.39 is 0 Å². The van der Waals surface area contributed by atoms with Gasteiger partial charge in [-0.05, 0) is 5.56 Å². The lowest BCUT2D eigenvalue weighted by Gasteiger charge is -2.34. The van der Waals surface area contributed by atoms with Crippen molar-refractivity contribution in [2.45, 2.75) is 19.1 Å². The molecule has 0 radical (unpaired) electrons. The Balaban J connectivity index is 1.90. The van der Waals surface area contributed by atoms with Crippen molar-refractivity contribution in [3.63, 3.8) is 0 Å². The first-order valence-corrected chi connectivity index (χ1v) is 9.11. The molecule has 2 rings (SSSR count). The van der Waals surface area contributed by atoms with Gasteiger partial charge in [0.2, 0.25) is 0 Å². The van der Waals surface area contributed by atoms with E-state index in [1.54, 1.807) is 16.7 Å². The molecule has 1 saturated heterocycles. The number of carbonyl (C=O) groups excluding carboxylic acids is 2. The highest BCUT2D eigenvalue weighted by Crippen LogP contribution is 2.20. The highest BCUT2D eigenvalue weighted by molar-refractivity contribution is 9.09. The van der Waals surface area contributed by atoms with Crippen molar-refractivity contribution in [3.05, 3.63) is 35.9 Å². The molecule has 0 saturated carbocycles. The number of ketones is 1. The lowest BCUT2D eigenvalue weighted by Crippen LogP contribution is -2.47. The van der Waals surface area contributed by atoms with Crippen molar-refractivity contribution in [1.82, 2.24) is 4.90 Å². The Labute approximate surface area is 137 Å². The molecule has 0 spiro atoms. The molecule has 1 heterocycles. The number of alkyl halides is 1. The second-order valence-electron chi connectivity index (χ2n) is 4.84. The number of amides is 1. The second kappa shape index (κ2) is 8.44. The van der Waals surface area contributed by atoms with E-state index in [4.69, 9.17) is 4.74 Å². The Morgan fingerprint density at radius 3 is 2.81 bits per heavy atom. The molecular formula is C15H18BrNO3S. The Morgan fingerprint density at radius 2 is 2.10 bits per heavy atom. The predicted octanol–water partition coefficient (Wildman–Crippen LogP) is 3.09. The summed E-state index contributed by atoms with van der Waals surface area (Å²) in [6, 6.07) is 9.54. The molecule has 1 aliphatic rings. The van der Waals surface area contributed by atoms with Gasteiger partial charge in [0.05, 0.1) is 11.4 Å². The smallest absolute Gasteiger partial charge is 0.410 e. The Hall–Kier alpha value is -1.01. The average molecular weight is 372 g/mol. The standard InChI is InChI=1S/C15H18BrNO3S/c16-9-14(18)8-13-11-21-7-6-17(13)15(19)20-10-12-4-2-1-3-5-12/h1-5,13H,6-11H2. The van der Waals surface area contributed by atoms with E-state index in [-0.39, 0.29) is 24.5 Å². The fourth-order valence-corrected chi connectivity index (χ4v) is 3.48. The number of halogens is 1. The van der Waals surface area contributed by atoms with Gasteiger partial charge in [-0.1, -0.05) is 46.3 Å². The summed E-state index contributed by atoms with van der Waals surface area (Å²) in [4.78, 5) is 25.5. The summed E-state index contributed by atoms with van der Waals surface area (Å²) < 4.78 is 5.37. The second-order valence-corrected chi connectivity index (χ2v) is 6.55. The van der Waals surface area contributed by atoms with Gasteiger partial charge >= 0.3 is 6.09 Å². The molecule has 1 unspecified atom stereocenters. The molecule has 4 nitrogen and oxygen atoms in total. The number of Topliss-reactive ketones (excluding diaryl/α,β-unsaturated/α-hetero) is 1. The topological polar surface area (TPSA) is 46.6 Å². The molecule has 1 aromatic rings.